The van der Waals surface area contributed by atoms with Crippen molar-refractivity contribution >= 4 is 11.9 Å². The van der Waals surface area contributed by atoms with E-state index in [2.05, 4.69) is 5.32 Å². The molecule has 0 saturated carbocycles. The number of amides is 1. The van der Waals surface area contributed by atoms with Gasteiger partial charge < -0.3 is 16.2 Å². The highest BCUT2D eigenvalue weighted by atomic mass is 16.4. The number of carboxylic acid groups (broad SMARTS) is 1. The molecular weight excluding hydrogens is 196 g/mol. The Balaban J connectivity index is 3.93. The maximum Gasteiger partial charge on any atom is 0.303 e. The summed E-state index contributed by atoms with van der Waals surface area (Å²) in [5.74, 6) is -0.881. The van der Waals surface area contributed by atoms with Crippen LogP contribution in [0.5, 0.6) is 0 Å². The Morgan fingerprint density at radius 3 is 2.27 bits per heavy atom. The van der Waals surface area contributed by atoms with Crippen molar-refractivity contribution in [3.05, 3.63) is 0 Å². The monoisotopic (exact) mass is 216 g/mol. The van der Waals surface area contributed by atoms with Crippen LogP contribution in [0.25, 0.3) is 0 Å². The van der Waals surface area contributed by atoms with Gasteiger partial charge >= 0.3 is 5.97 Å². The molecule has 0 aromatic carbocycles. The maximum absolute atomic E-state index is 11.4. The molecule has 0 aliphatic carbocycles. The van der Waals surface area contributed by atoms with Crippen LogP contribution in [-0.2, 0) is 9.59 Å². The number of carbonyl (C=O) groups excluding carboxylic acids is 1. The molecule has 15 heavy (non-hydrogen) atoms. The van der Waals surface area contributed by atoms with Crippen molar-refractivity contribution in [3.63, 3.8) is 0 Å². The molecule has 0 fully saturated rings. The molecule has 88 valence electrons. The Morgan fingerprint density at radius 2 is 1.87 bits per heavy atom. The minimum atomic E-state index is -0.935. The standard InChI is InChI=1S/C10H20N2O3/c1-6(2)7(3)12-10(15)8(11)4-5-9(13)14/h6-8H,4-5,11H2,1-3H3,(H,12,15)(H,13,14). The number of nitrogens with one attached hydrogen (secondary N) is 1. The molecule has 5 nitrogen and oxygen atoms in total. The lowest BCUT2D eigenvalue weighted by Crippen LogP contribution is -2.46. The van der Waals surface area contributed by atoms with Crippen molar-refractivity contribution in [1.29, 1.82) is 0 Å². The quantitative estimate of drug-likeness (QED) is 0.597. The fourth-order valence-corrected chi connectivity index (χ4v) is 0.908. The van der Waals surface area contributed by atoms with E-state index in [0.717, 1.165) is 0 Å². The van der Waals surface area contributed by atoms with Gasteiger partial charge in [0.15, 0.2) is 0 Å². The molecule has 0 aliphatic rings. The third-order valence-corrected chi connectivity index (χ3v) is 2.38. The van der Waals surface area contributed by atoms with Crippen molar-refractivity contribution < 1.29 is 14.7 Å². The number of carboxylic acids is 1. The molecule has 2 unspecified atom stereocenters. The Labute approximate surface area is 90.0 Å². The highest BCUT2D eigenvalue weighted by Gasteiger charge is 2.17. The predicted molar refractivity (Wildman–Crippen MR) is 57.3 cm³/mol. The van der Waals surface area contributed by atoms with Gasteiger partial charge in [0, 0.05) is 12.5 Å². The van der Waals surface area contributed by atoms with Crippen LogP contribution in [0, 0.1) is 5.92 Å². The molecule has 0 bridgehead atoms. The summed E-state index contributed by atoms with van der Waals surface area (Å²) >= 11 is 0. The summed E-state index contributed by atoms with van der Waals surface area (Å²) < 4.78 is 0. The van der Waals surface area contributed by atoms with Gasteiger partial charge in [-0.2, -0.15) is 0 Å². The first kappa shape index (κ1) is 13.9. The summed E-state index contributed by atoms with van der Waals surface area (Å²) in [5, 5.41) is 11.2. The van der Waals surface area contributed by atoms with E-state index < -0.39 is 12.0 Å². The molecule has 0 rings (SSSR count). The Hall–Kier alpha value is -1.10. The third-order valence-electron chi connectivity index (χ3n) is 2.38. The van der Waals surface area contributed by atoms with Crippen LogP contribution in [-0.4, -0.2) is 29.1 Å². The van der Waals surface area contributed by atoms with Gasteiger partial charge in [-0.25, -0.2) is 0 Å². The number of hydrogen-bond acceptors (Lipinski definition) is 3. The molecule has 0 spiro atoms. The van der Waals surface area contributed by atoms with E-state index in [1.165, 1.54) is 0 Å². The second kappa shape index (κ2) is 6.40. The van der Waals surface area contributed by atoms with E-state index in [9.17, 15) is 9.59 Å². The molecule has 0 aromatic rings. The lowest BCUT2D eigenvalue weighted by molar-refractivity contribution is -0.137. The van der Waals surface area contributed by atoms with Crippen molar-refractivity contribution in [2.75, 3.05) is 0 Å². The molecular formula is C10H20N2O3. The van der Waals surface area contributed by atoms with Crippen LogP contribution >= 0.6 is 0 Å². The van der Waals surface area contributed by atoms with Crippen LogP contribution in [0.4, 0.5) is 0 Å². The number of rotatable bonds is 6. The lowest BCUT2D eigenvalue weighted by Gasteiger charge is -2.19. The molecule has 2 atom stereocenters. The van der Waals surface area contributed by atoms with Crippen molar-refractivity contribution in [2.45, 2.75) is 45.7 Å². The number of aliphatic carboxylic acids is 1. The zero-order valence-corrected chi connectivity index (χ0v) is 9.49. The molecule has 0 radical (unpaired) electrons. The van der Waals surface area contributed by atoms with Gasteiger partial charge in [-0.15, -0.1) is 0 Å². The van der Waals surface area contributed by atoms with Gasteiger partial charge in [-0.1, -0.05) is 13.8 Å². The normalized spacial score (nSPS) is 14.7. The second-order valence-corrected chi connectivity index (χ2v) is 4.08. The Kier molecular flexibility index (Phi) is 5.93. The minimum Gasteiger partial charge on any atom is -0.481 e. The Bertz CT molecular complexity index is 229. The van der Waals surface area contributed by atoms with Crippen molar-refractivity contribution in [1.82, 2.24) is 5.32 Å². The van der Waals surface area contributed by atoms with Gasteiger partial charge in [0.1, 0.15) is 0 Å². The number of hydrogen-bond donors (Lipinski definition) is 3. The summed E-state index contributed by atoms with van der Waals surface area (Å²) in [7, 11) is 0. The van der Waals surface area contributed by atoms with E-state index in [-0.39, 0.29) is 24.8 Å². The molecule has 0 heterocycles. The van der Waals surface area contributed by atoms with Crippen LogP contribution in [0.1, 0.15) is 33.6 Å². The van der Waals surface area contributed by atoms with Gasteiger partial charge in [-0.05, 0) is 19.3 Å². The van der Waals surface area contributed by atoms with E-state index in [1.54, 1.807) is 0 Å². The van der Waals surface area contributed by atoms with Gasteiger partial charge in [0.2, 0.25) is 5.91 Å². The lowest BCUT2D eigenvalue weighted by atomic mass is 10.1. The third kappa shape index (κ3) is 6.06. The van der Waals surface area contributed by atoms with Crippen molar-refractivity contribution in [3.8, 4) is 0 Å². The topological polar surface area (TPSA) is 92.4 Å². The average Bonchev–Trinajstić information content (AvgIpc) is 2.13. The maximum atomic E-state index is 11.4. The minimum absolute atomic E-state index is 0.0494. The van der Waals surface area contributed by atoms with Crippen LogP contribution in [0.3, 0.4) is 0 Å². The van der Waals surface area contributed by atoms with Gasteiger partial charge in [0.25, 0.3) is 0 Å². The largest absolute Gasteiger partial charge is 0.481 e. The van der Waals surface area contributed by atoms with E-state index in [1.807, 2.05) is 20.8 Å². The van der Waals surface area contributed by atoms with Crippen molar-refractivity contribution in [2.24, 2.45) is 11.7 Å². The zero-order valence-electron chi connectivity index (χ0n) is 9.49. The summed E-state index contributed by atoms with van der Waals surface area (Å²) in [6.07, 6.45) is 0.0939. The first-order valence-electron chi connectivity index (χ1n) is 5.12. The molecule has 0 aliphatic heterocycles. The van der Waals surface area contributed by atoms with E-state index in [0.29, 0.717) is 5.92 Å². The smallest absolute Gasteiger partial charge is 0.303 e. The number of nitrogens with two attached hydrogens (primary N) is 1. The predicted octanol–water partition coefficient (Wildman–Crippen LogP) is 0.339. The summed E-state index contributed by atoms with van der Waals surface area (Å²) in [6.45, 7) is 5.88. The molecule has 4 N–H and O–H groups in total. The summed E-state index contributed by atoms with van der Waals surface area (Å²) in [4.78, 5) is 21.7. The molecule has 1 amide bonds. The first-order valence-corrected chi connectivity index (χ1v) is 5.12. The van der Waals surface area contributed by atoms with Gasteiger partial charge in [-0.3, -0.25) is 9.59 Å². The molecule has 0 saturated heterocycles. The zero-order chi connectivity index (χ0) is 12.0. The summed E-state index contributed by atoms with van der Waals surface area (Å²) in [6, 6.07) is -0.685. The average molecular weight is 216 g/mol. The molecule has 5 heteroatoms. The summed E-state index contributed by atoms with van der Waals surface area (Å²) in [5.41, 5.74) is 5.54. The highest BCUT2D eigenvalue weighted by molar-refractivity contribution is 5.82. The van der Waals surface area contributed by atoms with E-state index >= 15 is 0 Å². The van der Waals surface area contributed by atoms with Crippen LogP contribution < -0.4 is 11.1 Å². The second-order valence-electron chi connectivity index (χ2n) is 4.08. The first-order chi connectivity index (χ1) is 6.84. The van der Waals surface area contributed by atoms with Crippen LogP contribution in [0.2, 0.25) is 0 Å². The highest BCUT2D eigenvalue weighted by Crippen LogP contribution is 2.01. The van der Waals surface area contributed by atoms with Crippen LogP contribution in [0.15, 0.2) is 0 Å². The SMILES string of the molecule is CC(C)C(C)NC(=O)C(N)CCC(=O)O. The van der Waals surface area contributed by atoms with Gasteiger partial charge in [0.05, 0.1) is 6.04 Å². The number of carbonyl (C=O) groups is 2. The van der Waals surface area contributed by atoms with E-state index in [4.69, 9.17) is 10.8 Å². The fraction of sp³-hybridized carbons (Fsp3) is 0.800. The fourth-order valence-electron chi connectivity index (χ4n) is 0.908. The molecule has 0 aromatic heterocycles. The Morgan fingerprint density at radius 1 is 1.33 bits per heavy atom.